The molecule has 9 aromatic carbocycles. The smallest absolute Gasteiger partial charge is 0.0463 e. The Labute approximate surface area is 343 Å². The predicted molar refractivity (Wildman–Crippen MR) is 249 cm³/mol. The van der Waals surface area contributed by atoms with Gasteiger partial charge in [0.1, 0.15) is 0 Å². The Balaban J connectivity index is 1.05. The minimum absolute atomic E-state index is 1.07. The van der Waals surface area contributed by atoms with Crippen LogP contribution in [-0.2, 0) is 0 Å². The van der Waals surface area contributed by atoms with Crippen molar-refractivity contribution in [1.82, 2.24) is 0 Å². The van der Waals surface area contributed by atoms with Crippen LogP contribution < -0.4 is 14.7 Å². The maximum absolute atomic E-state index is 2.34. The second kappa shape index (κ2) is 15.6. The molecule has 0 saturated carbocycles. The Kier molecular flexibility index (Phi) is 9.44. The van der Waals surface area contributed by atoms with Crippen LogP contribution in [-0.4, -0.2) is 0 Å². The summed E-state index contributed by atoms with van der Waals surface area (Å²) in [5.41, 5.74) is 12.2. The molecule has 1 heterocycles. The third kappa shape index (κ3) is 6.87. The van der Waals surface area contributed by atoms with Crippen LogP contribution in [0.1, 0.15) is 0 Å². The average Bonchev–Trinajstić information content (AvgIpc) is 3.68. The lowest BCUT2D eigenvalue weighted by Crippen LogP contribution is -2.13. The number of anilines is 9. The van der Waals surface area contributed by atoms with Crippen LogP contribution in [0.5, 0.6) is 0 Å². The fourth-order valence-corrected chi connectivity index (χ4v) is 8.95. The second-order valence-electron chi connectivity index (χ2n) is 14.2. The van der Waals surface area contributed by atoms with Crippen molar-refractivity contribution in [3.8, 4) is 11.1 Å². The van der Waals surface area contributed by atoms with Gasteiger partial charge in [-0.3, -0.25) is 0 Å². The lowest BCUT2D eigenvalue weighted by Gasteiger charge is -2.29. The van der Waals surface area contributed by atoms with E-state index in [0.29, 0.717) is 0 Å². The molecular formula is C54H39N3S. The summed E-state index contributed by atoms with van der Waals surface area (Å²) in [5, 5.41) is 2.62. The van der Waals surface area contributed by atoms with Crippen LogP contribution in [0.2, 0.25) is 0 Å². The van der Waals surface area contributed by atoms with Crippen molar-refractivity contribution in [2.45, 2.75) is 0 Å². The molecule has 1 aromatic heterocycles. The first-order chi connectivity index (χ1) is 28.8. The Morgan fingerprint density at radius 2 is 0.517 bits per heavy atom. The van der Waals surface area contributed by atoms with Crippen LogP contribution in [0.4, 0.5) is 51.2 Å². The van der Waals surface area contributed by atoms with Crippen LogP contribution in [0, 0.1) is 0 Å². The summed E-state index contributed by atoms with van der Waals surface area (Å²) in [7, 11) is 0. The quantitative estimate of drug-likeness (QED) is 0.137. The Morgan fingerprint density at radius 3 is 0.914 bits per heavy atom. The summed E-state index contributed by atoms with van der Waals surface area (Å²) in [6.45, 7) is 0. The number of rotatable bonds is 10. The number of thiophene rings is 1. The van der Waals surface area contributed by atoms with Crippen LogP contribution in [0.25, 0.3) is 31.3 Å². The lowest BCUT2D eigenvalue weighted by atomic mass is 10.0. The zero-order valence-corrected chi connectivity index (χ0v) is 32.6. The second-order valence-corrected chi connectivity index (χ2v) is 15.3. The van der Waals surface area contributed by atoms with Gasteiger partial charge in [-0.2, -0.15) is 0 Å². The molecule has 0 amide bonds. The van der Waals surface area contributed by atoms with E-state index in [9.17, 15) is 0 Å². The molecule has 10 aromatic rings. The Morgan fingerprint density at radius 1 is 0.224 bits per heavy atom. The van der Waals surface area contributed by atoms with E-state index in [2.05, 4.69) is 251 Å². The maximum Gasteiger partial charge on any atom is 0.0463 e. The Hall–Kier alpha value is -7.40. The van der Waals surface area contributed by atoms with E-state index in [1.807, 2.05) is 11.3 Å². The maximum atomic E-state index is 2.34. The largest absolute Gasteiger partial charge is 0.311 e. The van der Waals surface area contributed by atoms with Gasteiger partial charge in [-0.25, -0.2) is 0 Å². The molecular weight excluding hydrogens is 723 g/mol. The van der Waals surface area contributed by atoms with Gasteiger partial charge >= 0.3 is 0 Å². The first kappa shape index (κ1) is 35.0. The van der Waals surface area contributed by atoms with E-state index in [1.54, 1.807) is 0 Å². The summed E-state index contributed by atoms with van der Waals surface area (Å²) in [6, 6.07) is 84.5. The number of para-hydroxylation sites is 4. The van der Waals surface area contributed by atoms with E-state index in [1.165, 1.54) is 31.3 Å². The fourth-order valence-electron chi connectivity index (χ4n) is 7.86. The van der Waals surface area contributed by atoms with E-state index < -0.39 is 0 Å². The highest BCUT2D eigenvalue weighted by Crippen LogP contribution is 2.42. The van der Waals surface area contributed by atoms with Gasteiger partial charge in [-0.1, -0.05) is 109 Å². The molecule has 3 nitrogen and oxygen atoms in total. The lowest BCUT2D eigenvalue weighted by molar-refractivity contribution is 1.24. The monoisotopic (exact) mass is 761 g/mol. The number of benzene rings is 9. The van der Waals surface area contributed by atoms with E-state index in [4.69, 9.17) is 0 Å². The Bertz CT molecular complexity index is 2710. The summed E-state index contributed by atoms with van der Waals surface area (Å²) in [6.07, 6.45) is 0. The van der Waals surface area contributed by atoms with E-state index in [-0.39, 0.29) is 0 Å². The molecule has 4 heteroatoms. The fraction of sp³-hybridized carbons (Fsp3) is 0. The van der Waals surface area contributed by atoms with Crippen molar-refractivity contribution in [2.24, 2.45) is 0 Å². The summed E-state index contributed by atoms with van der Waals surface area (Å²) in [5.74, 6) is 0. The molecule has 0 atom stereocenters. The van der Waals surface area contributed by atoms with E-state index >= 15 is 0 Å². The summed E-state index contributed by atoms with van der Waals surface area (Å²) in [4.78, 5) is 6.94. The normalized spacial score (nSPS) is 11.1. The zero-order valence-electron chi connectivity index (χ0n) is 31.8. The average molecular weight is 762 g/mol. The number of hydrogen-bond donors (Lipinski definition) is 0. The van der Waals surface area contributed by atoms with Gasteiger partial charge in [0.25, 0.3) is 0 Å². The predicted octanol–water partition coefficient (Wildman–Crippen LogP) is 16.1. The van der Waals surface area contributed by atoms with Gasteiger partial charge in [0.05, 0.1) is 0 Å². The number of hydrogen-bond acceptors (Lipinski definition) is 4. The van der Waals surface area contributed by atoms with Gasteiger partial charge in [0.2, 0.25) is 0 Å². The molecule has 0 N–H and O–H groups in total. The standard InChI is InChI=1S/C54H39N3S/c1-5-15-42(16-6-1)55(43-17-7-2-8-18-43)47-30-34-49(35-31-47)57(50-36-32-48(33-37-50)56(44-19-9-3-10-20-44)45-21-11-4-12-22-45)46-28-25-40(26-29-46)41-27-38-54-52(39-41)51-23-13-14-24-53(51)58-54/h1-39H. The van der Waals surface area contributed by atoms with Crippen LogP contribution >= 0.6 is 11.3 Å². The molecule has 0 unspecified atom stereocenters. The number of fused-ring (bicyclic) bond motifs is 3. The van der Waals surface area contributed by atoms with Crippen LogP contribution in [0.3, 0.4) is 0 Å². The van der Waals surface area contributed by atoms with Crippen molar-refractivity contribution in [3.63, 3.8) is 0 Å². The highest BCUT2D eigenvalue weighted by molar-refractivity contribution is 7.25. The molecule has 58 heavy (non-hydrogen) atoms. The summed E-state index contributed by atoms with van der Waals surface area (Å²) >= 11 is 1.85. The van der Waals surface area contributed by atoms with Crippen molar-refractivity contribution >= 4 is 82.7 Å². The van der Waals surface area contributed by atoms with Gasteiger partial charge < -0.3 is 14.7 Å². The molecule has 10 rings (SSSR count). The summed E-state index contributed by atoms with van der Waals surface area (Å²) < 4.78 is 2.64. The van der Waals surface area contributed by atoms with E-state index in [0.717, 1.165) is 51.2 Å². The molecule has 0 radical (unpaired) electrons. The molecule has 0 bridgehead atoms. The molecule has 276 valence electrons. The van der Waals surface area contributed by atoms with Crippen molar-refractivity contribution < 1.29 is 0 Å². The first-order valence-electron chi connectivity index (χ1n) is 19.6. The van der Waals surface area contributed by atoms with Crippen molar-refractivity contribution in [3.05, 3.63) is 237 Å². The third-order valence-electron chi connectivity index (χ3n) is 10.6. The molecule has 0 fully saturated rings. The van der Waals surface area contributed by atoms with Gasteiger partial charge in [-0.15, -0.1) is 11.3 Å². The minimum Gasteiger partial charge on any atom is -0.311 e. The third-order valence-corrected chi connectivity index (χ3v) is 11.8. The minimum atomic E-state index is 1.07. The van der Waals surface area contributed by atoms with Crippen molar-refractivity contribution in [1.29, 1.82) is 0 Å². The van der Waals surface area contributed by atoms with Gasteiger partial charge in [0, 0.05) is 71.4 Å². The SMILES string of the molecule is c1ccc(N(c2ccccc2)c2ccc(N(c3ccc(-c4ccc5sc6ccccc6c5c4)cc3)c3ccc(N(c4ccccc4)c4ccccc4)cc3)cc2)cc1. The highest BCUT2D eigenvalue weighted by atomic mass is 32.1. The topological polar surface area (TPSA) is 9.72 Å². The molecule has 0 aliphatic carbocycles. The number of nitrogens with zero attached hydrogens (tertiary/aromatic N) is 3. The molecule has 0 aliphatic heterocycles. The van der Waals surface area contributed by atoms with Crippen molar-refractivity contribution in [2.75, 3.05) is 14.7 Å². The molecule has 0 spiro atoms. The molecule has 0 saturated heterocycles. The zero-order chi connectivity index (χ0) is 38.7. The van der Waals surface area contributed by atoms with Gasteiger partial charge in [0.15, 0.2) is 0 Å². The van der Waals surface area contributed by atoms with Gasteiger partial charge in [-0.05, 0) is 139 Å². The molecule has 0 aliphatic rings. The first-order valence-corrected chi connectivity index (χ1v) is 20.4. The van der Waals surface area contributed by atoms with Crippen LogP contribution in [0.15, 0.2) is 237 Å². The highest BCUT2D eigenvalue weighted by Gasteiger charge is 2.18.